The Bertz CT molecular complexity index is 467. The van der Waals surface area contributed by atoms with Gasteiger partial charge in [-0.05, 0) is 37.5 Å². The van der Waals surface area contributed by atoms with Crippen LogP contribution in [0.3, 0.4) is 0 Å². The smallest absolute Gasteiger partial charge is 0.0431 e. The van der Waals surface area contributed by atoms with E-state index in [0.717, 1.165) is 11.8 Å². The summed E-state index contributed by atoms with van der Waals surface area (Å²) in [5, 5.41) is 8.98. The van der Waals surface area contributed by atoms with Gasteiger partial charge in [0.1, 0.15) is 0 Å². The molecule has 0 radical (unpaired) electrons. The molecule has 1 heteroatoms. The molecule has 1 nitrogen and oxygen atoms in total. The van der Waals surface area contributed by atoms with Crippen LogP contribution in [0, 0.1) is 5.41 Å². The fourth-order valence-electron chi connectivity index (χ4n) is 6.94. The lowest BCUT2D eigenvalue weighted by molar-refractivity contribution is 0.273. The third-order valence-electron chi connectivity index (χ3n) is 10.1. The maximum Gasteiger partial charge on any atom is 0.0431 e. The molecule has 0 amide bonds. The Hall–Kier alpha value is -0.0400. The van der Waals surface area contributed by atoms with E-state index in [9.17, 15) is 0 Å². The summed E-state index contributed by atoms with van der Waals surface area (Å²) in [5.74, 6) is 0. The molecule has 40 heavy (non-hydrogen) atoms. The zero-order valence-corrected chi connectivity index (χ0v) is 28.1. The minimum Gasteiger partial charge on any atom is -0.396 e. The lowest BCUT2D eigenvalue weighted by atomic mass is 9.92. The highest BCUT2D eigenvalue weighted by atomic mass is 16.2. The van der Waals surface area contributed by atoms with Gasteiger partial charge in [-0.1, -0.05) is 206 Å². The molecule has 1 fully saturated rings. The Morgan fingerprint density at radius 3 is 0.775 bits per heavy atom. The summed E-state index contributed by atoms with van der Waals surface area (Å²) in [6.45, 7) is 2.69. The van der Waals surface area contributed by atoms with E-state index in [2.05, 4.69) is 6.92 Å². The molecular formula is C39H78O. The highest BCUT2D eigenvalue weighted by Crippen LogP contribution is 2.53. The van der Waals surface area contributed by atoms with Crippen molar-refractivity contribution in [1.29, 1.82) is 0 Å². The Kier molecular flexibility index (Phi) is 28.9. The second-order valence-electron chi connectivity index (χ2n) is 14.2. The molecule has 240 valence electrons. The van der Waals surface area contributed by atoms with Gasteiger partial charge in [-0.3, -0.25) is 0 Å². The lowest BCUT2D eigenvalue weighted by Gasteiger charge is -2.14. The largest absolute Gasteiger partial charge is 0.396 e. The van der Waals surface area contributed by atoms with Crippen molar-refractivity contribution >= 4 is 0 Å². The molecule has 0 bridgehead atoms. The van der Waals surface area contributed by atoms with E-state index in [4.69, 9.17) is 5.11 Å². The predicted molar refractivity (Wildman–Crippen MR) is 181 cm³/mol. The quantitative estimate of drug-likeness (QED) is 0.0761. The summed E-state index contributed by atoms with van der Waals surface area (Å²) in [6.07, 6.45) is 52.4. The molecule has 1 rings (SSSR count). The molecule has 0 aromatic carbocycles. The first-order chi connectivity index (χ1) is 19.8. The minimum absolute atomic E-state index is 0.385. The average Bonchev–Trinajstić information content (AvgIpc) is 3.74. The first-order valence-electron chi connectivity index (χ1n) is 19.4. The van der Waals surface area contributed by atoms with Crippen molar-refractivity contribution in [2.24, 2.45) is 5.41 Å². The zero-order valence-electron chi connectivity index (χ0n) is 28.1. The van der Waals surface area contributed by atoms with E-state index in [-0.39, 0.29) is 0 Å². The number of hydrogen-bond acceptors (Lipinski definition) is 1. The third-order valence-corrected chi connectivity index (χ3v) is 10.1. The van der Waals surface area contributed by atoms with E-state index in [1.54, 1.807) is 0 Å². The minimum atomic E-state index is 0.385. The number of unbranched alkanes of at least 4 members (excludes halogenated alkanes) is 30. The highest BCUT2D eigenvalue weighted by Gasteiger charge is 2.40. The summed E-state index contributed by atoms with van der Waals surface area (Å²) in [4.78, 5) is 0. The van der Waals surface area contributed by atoms with Crippen LogP contribution in [0.2, 0.25) is 0 Å². The number of aliphatic hydroxyl groups excluding tert-OH is 1. The molecule has 0 aliphatic heterocycles. The van der Waals surface area contributed by atoms with Crippen LogP contribution in [0.25, 0.3) is 0 Å². The van der Waals surface area contributed by atoms with Gasteiger partial charge >= 0.3 is 0 Å². The highest BCUT2D eigenvalue weighted by molar-refractivity contribution is 4.92. The molecule has 0 aromatic rings. The summed E-state index contributed by atoms with van der Waals surface area (Å²) in [6, 6.07) is 0. The van der Waals surface area contributed by atoms with E-state index in [1.807, 2.05) is 0 Å². The van der Waals surface area contributed by atoms with Crippen molar-refractivity contribution in [2.45, 2.75) is 238 Å². The Balaban J connectivity index is 1.63. The SMILES string of the molecule is CCCCCCCCCCCCCCCCCCCCCCCCCCCCCCCCC1(CCCCO)CC1. The Labute approximate surface area is 254 Å². The van der Waals surface area contributed by atoms with Crippen LogP contribution in [-0.2, 0) is 0 Å². The second kappa shape index (κ2) is 30.4. The Morgan fingerprint density at radius 2 is 0.550 bits per heavy atom. The lowest BCUT2D eigenvalue weighted by Crippen LogP contribution is -2.01. The van der Waals surface area contributed by atoms with Crippen LogP contribution in [0.4, 0.5) is 0 Å². The van der Waals surface area contributed by atoms with Crippen LogP contribution in [0.1, 0.15) is 238 Å². The van der Waals surface area contributed by atoms with Gasteiger partial charge in [-0.15, -0.1) is 0 Å². The van der Waals surface area contributed by atoms with Crippen molar-refractivity contribution in [3.63, 3.8) is 0 Å². The fourth-order valence-corrected chi connectivity index (χ4v) is 6.94. The summed E-state index contributed by atoms with van der Waals surface area (Å²) < 4.78 is 0. The Morgan fingerprint density at radius 1 is 0.325 bits per heavy atom. The van der Waals surface area contributed by atoms with Crippen LogP contribution in [0.5, 0.6) is 0 Å². The fraction of sp³-hybridized carbons (Fsp3) is 1.00. The molecule has 0 spiro atoms. The molecule has 0 heterocycles. The van der Waals surface area contributed by atoms with E-state index < -0.39 is 0 Å². The van der Waals surface area contributed by atoms with Crippen molar-refractivity contribution in [1.82, 2.24) is 0 Å². The maximum atomic E-state index is 8.98. The van der Waals surface area contributed by atoms with Gasteiger partial charge in [-0.25, -0.2) is 0 Å². The molecule has 0 atom stereocenters. The predicted octanol–water partition coefficient (Wildman–Crippen LogP) is 14.0. The van der Waals surface area contributed by atoms with E-state index in [1.165, 1.54) is 225 Å². The van der Waals surface area contributed by atoms with Gasteiger partial charge in [0, 0.05) is 6.61 Å². The van der Waals surface area contributed by atoms with Crippen molar-refractivity contribution < 1.29 is 5.11 Å². The van der Waals surface area contributed by atoms with Crippen LogP contribution in [-0.4, -0.2) is 11.7 Å². The maximum absolute atomic E-state index is 8.98. The third kappa shape index (κ3) is 26.8. The normalized spacial score (nSPS) is 14.2. The number of aliphatic hydroxyl groups is 1. The molecule has 0 unspecified atom stereocenters. The van der Waals surface area contributed by atoms with Gasteiger partial charge in [-0.2, -0.15) is 0 Å². The topological polar surface area (TPSA) is 20.2 Å². The molecule has 0 aromatic heterocycles. The monoisotopic (exact) mass is 563 g/mol. The van der Waals surface area contributed by atoms with Crippen molar-refractivity contribution in [3.8, 4) is 0 Å². The van der Waals surface area contributed by atoms with Gasteiger partial charge in [0.05, 0.1) is 0 Å². The second-order valence-corrected chi connectivity index (χ2v) is 14.2. The van der Waals surface area contributed by atoms with Gasteiger partial charge in [0.25, 0.3) is 0 Å². The molecular weight excluding hydrogens is 484 g/mol. The van der Waals surface area contributed by atoms with Gasteiger partial charge < -0.3 is 5.11 Å². The number of rotatable bonds is 35. The van der Waals surface area contributed by atoms with Gasteiger partial charge in [0.15, 0.2) is 0 Å². The molecule has 1 aliphatic carbocycles. The van der Waals surface area contributed by atoms with Crippen LogP contribution >= 0.6 is 0 Å². The van der Waals surface area contributed by atoms with Crippen molar-refractivity contribution in [2.75, 3.05) is 6.61 Å². The molecule has 0 saturated heterocycles. The number of hydrogen-bond donors (Lipinski definition) is 1. The summed E-state index contributed by atoms with van der Waals surface area (Å²) in [5.41, 5.74) is 0.723. The first-order valence-corrected chi connectivity index (χ1v) is 19.4. The zero-order chi connectivity index (χ0) is 28.7. The van der Waals surface area contributed by atoms with Gasteiger partial charge in [0.2, 0.25) is 0 Å². The van der Waals surface area contributed by atoms with E-state index in [0.29, 0.717) is 6.61 Å². The van der Waals surface area contributed by atoms with Crippen LogP contribution in [0.15, 0.2) is 0 Å². The first kappa shape index (κ1) is 38.0. The molecule has 1 saturated carbocycles. The van der Waals surface area contributed by atoms with Crippen LogP contribution < -0.4 is 0 Å². The average molecular weight is 563 g/mol. The summed E-state index contributed by atoms with van der Waals surface area (Å²) in [7, 11) is 0. The van der Waals surface area contributed by atoms with Crippen molar-refractivity contribution in [3.05, 3.63) is 0 Å². The van der Waals surface area contributed by atoms with E-state index >= 15 is 0 Å². The molecule has 1 N–H and O–H groups in total. The standard InChI is InChI=1S/C39H78O/c1-2-3-4-5-6-7-8-9-10-11-12-13-14-15-16-17-18-19-20-21-22-23-24-25-26-27-28-29-30-31-34-39(36-37-39)35-32-33-38-40/h40H,2-38H2,1H3. The summed E-state index contributed by atoms with van der Waals surface area (Å²) >= 11 is 0. The molecule has 1 aliphatic rings.